The summed E-state index contributed by atoms with van der Waals surface area (Å²) in [6.07, 6.45) is 7.83. The molecule has 7 aromatic rings. The van der Waals surface area contributed by atoms with Crippen molar-refractivity contribution in [3.8, 4) is 33.6 Å². The predicted octanol–water partition coefficient (Wildman–Crippen LogP) is 8.90. The second kappa shape index (κ2) is 18.2. The summed E-state index contributed by atoms with van der Waals surface area (Å²) >= 11 is 0. The molecule has 0 aliphatic carbocycles. The van der Waals surface area contributed by atoms with E-state index in [2.05, 4.69) is 99.7 Å². The van der Waals surface area contributed by atoms with Gasteiger partial charge in [-0.15, -0.1) is 0 Å². The molecule has 2 saturated heterocycles. The minimum Gasteiger partial charge on any atom is -0.465 e. The predicted molar refractivity (Wildman–Crippen MR) is 243 cm³/mol. The Labute approximate surface area is 366 Å². The van der Waals surface area contributed by atoms with E-state index in [1.54, 1.807) is 11.1 Å². The third-order valence-corrected chi connectivity index (χ3v) is 12.8. The van der Waals surface area contributed by atoms with E-state index in [1.807, 2.05) is 59.8 Å². The SMILES string of the molecule is CCN(CC)[C@@H](C(=O)N1CCC[C@H]1c1ncc(-c2ccc(-c3ccc(-c4cnc([C@@H]5CCCN5C(=O)[C@H](Cc5c[nH]c6ccccc56)NC(=O)O)[nH]4)cc3)cc2)[nH]1)c1ccccc1. The Morgan fingerprint density at radius 3 is 1.79 bits per heavy atom. The number of carbonyl (C=O) groups excluding carboxylic acids is 2. The van der Waals surface area contributed by atoms with Crippen molar-refractivity contribution < 1.29 is 19.5 Å². The topological polar surface area (TPSA) is 166 Å². The minimum atomic E-state index is -1.24. The number of likely N-dealkylation sites (N-methyl/N-ethyl adjacent to an activating group) is 1. The van der Waals surface area contributed by atoms with E-state index in [4.69, 9.17) is 9.97 Å². The first-order valence-corrected chi connectivity index (χ1v) is 22.0. The molecule has 2 fully saturated rings. The van der Waals surface area contributed by atoms with E-state index in [0.29, 0.717) is 18.9 Å². The van der Waals surface area contributed by atoms with Gasteiger partial charge in [0.25, 0.3) is 0 Å². The third-order valence-electron chi connectivity index (χ3n) is 12.8. The van der Waals surface area contributed by atoms with Crippen molar-refractivity contribution in [3.05, 3.63) is 144 Å². The van der Waals surface area contributed by atoms with Crippen molar-refractivity contribution in [2.45, 2.75) is 70.1 Å². The molecule has 0 spiro atoms. The fourth-order valence-electron chi connectivity index (χ4n) is 9.58. The van der Waals surface area contributed by atoms with Crippen molar-refractivity contribution in [3.63, 3.8) is 0 Å². The zero-order valence-corrected chi connectivity index (χ0v) is 35.6. The second-order valence-corrected chi connectivity index (χ2v) is 16.5. The van der Waals surface area contributed by atoms with Crippen LogP contribution in [0.15, 0.2) is 122 Å². The van der Waals surface area contributed by atoms with Gasteiger partial charge in [0.05, 0.1) is 35.9 Å². The minimum absolute atomic E-state index is 0.105. The number of imidazole rings is 2. The molecular weight excluding hydrogens is 791 g/mol. The van der Waals surface area contributed by atoms with E-state index in [0.717, 1.165) is 100 Å². The lowest BCUT2D eigenvalue weighted by molar-refractivity contribution is -0.138. The Kier molecular flexibility index (Phi) is 11.9. The van der Waals surface area contributed by atoms with Crippen molar-refractivity contribution in [1.82, 2.24) is 44.9 Å². The normalized spacial score (nSPS) is 17.4. The number of carbonyl (C=O) groups is 3. The summed E-state index contributed by atoms with van der Waals surface area (Å²) in [6, 6.07) is 32.9. The van der Waals surface area contributed by atoms with Crippen LogP contribution in [0.5, 0.6) is 0 Å². The fraction of sp³-hybridized carbons (Fsp3) is 0.300. The summed E-state index contributed by atoms with van der Waals surface area (Å²) in [4.78, 5) is 65.9. The molecule has 0 bridgehead atoms. The van der Waals surface area contributed by atoms with Gasteiger partial charge in [-0.1, -0.05) is 111 Å². The first kappa shape index (κ1) is 41.4. The van der Waals surface area contributed by atoms with Crippen LogP contribution in [0.25, 0.3) is 44.5 Å². The zero-order chi connectivity index (χ0) is 43.5. The number of rotatable bonds is 14. The van der Waals surface area contributed by atoms with Crippen molar-refractivity contribution in [2.75, 3.05) is 26.2 Å². The molecule has 13 nitrogen and oxygen atoms in total. The Morgan fingerprint density at radius 1 is 0.714 bits per heavy atom. The number of aromatic nitrogens is 5. The number of H-pyrrole nitrogens is 3. The Morgan fingerprint density at radius 2 is 1.24 bits per heavy atom. The van der Waals surface area contributed by atoms with Gasteiger partial charge in [0.15, 0.2) is 0 Å². The summed E-state index contributed by atoms with van der Waals surface area (Å²) < 4.78 is 0. The molecular formula is C50H53N9O4. The lowest BCUT2D eigenvalue weighted by Crippen LogP contribution is -2.49. The molecule has 5 heterocycles. The molecule has 9 rings (SSSR count). The molecule has 4 aromatic carbocycles. The number of amides is 3. The van der Waals surface area contributed by atoms with Crippen molar-refractivity contribution in [1.29, 1.82) is 0 Å². The molecule has 0 saturated carbocycles. The lowest BCUT2D eigenvalue weighted by atomic mass is 10.0. The third kappa shape index (κ3) is 8.48. The maximum Gasteiger partial charge on any atom is 0.405 e. The maximum atomic E-state index is 14.3. The molecule has 3 amide bonds. The molecule has 3 aromatic heterocycles. The van der Waals surface area contributed by atoms with E-state index >= 15 is 0 Å². The van der Waals surface area contributed by atoms with Gasteiger partial charge < -0.3 is 35.2 Å². The molecule has 63 heavy (non-hydrogen) atoms. The Hall–Kier alpha value is -6.99. The van der Waals surface area contributed by atoms with Crippen LogP contribution >= 0.6 is 0 Å². The number of aromatic amines is 3. The van der Waals surface area contributed by atoms with Crippen molar-refractivity contribution in [2.24, 2.45) is 0 Å². The van der Waals surface area contributed by atoms with Gasteiger partial charge in [-0.05, 0) is 78.2 Å². The number of nitrogens with one attached hydrogen (secondary N) is 4. The molecule has 2 aliphatic heterocycles. The summed E-state index contributed by atoms with van der Waals surface area (Å²) in [6.45, 7) is 7.02. The van der Waals surface area contributed by atoms with E-state index in [-0.39, 0.29) is 36.4 Å². The van der Waals surface area contributed by atoms with Crippen LogP contribution in [0.2, 0.25) is 0 Å². The maximum absolute atomic E-state index is 14.3. The summed E-state index contributed by atoms with van der Waals surface area (Å²) in [5.41, 5.74) is 8.71. The number of hydrogen-bond acceptors (Lipinski definition) is 6. The summed E-state index contributed by atoms with van der Waals surface area (Å²) in [7, 11) is 0. The van der Waals surface area contributed by atoms with Gasteiger partial charge >= 0.3 is 6.09 Å². The fourth-order valence-corrected chi connectivity index (χ4v) is 9.58. The Balaban J connectivity index is 0.856. The molecule has 13 heteroatoms. The summed E-state index contributed by atoms with van der Waals surface area (Å²) in [5.74, 6) is 1.36. The smallest absolute Gasteiger partial charge is 0.405 e. The highest BCUT2D eigenvalue weighted by Gasteiger charge is 2.39. The van der Waals surface area contributed by atoms with Gasteiger partial charge in [0.1, 0.15) is 23.7 Å². The molecule has 0 unspecified atom stereocenters. The number of likely N-dealkylation sites (tertiary alicyclic amines) is 2. The molecule has 0 radical (unpaired) electrons. The first-order valence-electron chi connectivity index (χ1n) is 22.0. The van der Waals surface area contributed by atoms with Crippen LogP contribution in [0.3, 0.4) is 0 Å². The Bertz CT molecular complexity index is 2680. The number of benzene rings is 4. The number of hydrogen-bond donors (Lipinski definition) is 5. The largest absolute Gasteiger partial charge is 0.465 e. The number of carboxylic acid groups (broad SMARTS) is 1. The van der Waals surface area contributed by atoms with Crippen LogP contribution in [0.1, 0.15) is 80.4 Å². The van der Waals surface area contributed by atoms with Crippen LogP contribution < -0.4 is 5.32 Å². The van der Waals surface area contributed by atoms with E-state index < -0.39 is 12.1 Å². The second-order valence-electron chi connectivity index (χ2n) is 16.5. The number of fused-ring (bicyclic) bond motifs is 1. The molecule has 2 aliphatic rings. The standard InChI is InChI=1S/C50H53N9O4/c1-3-57(4-2)45(36-12-6-5-7-13-36)49(61)59-27-11-17-44(59)47-53-31-42(55-47)35-24-20-33(21-25-35)32-18-22-34(23-19-32)41-30-52-46(54-41)43-16-10-26-58(43)48(60)40(56-50(62)63)28-37-29-51-39-15-9-8-14-38(37)39/h5-9,12-15,18-25,29-31,40,43-45,51,56H,3-4,10-11,16-17,26-28H2,1-2H3,(H,52,54)(H,53,55)(H,62,63)/t40-,43-,44-,45+/m0/s1. The van der Waals surface area contributed by atoms with Gasteiger partial charge in [0.2, 0.25) is 11.8 Å². The zero-order valence-electron chi connectivity index (χ0n) is 35.6. The molecule has 5 N–H and O–H groups in total. The average molecular weight is 844 g/mol. The highest BCUT2D eigenvalue weighted by atomic mass is 16.4. The van der Waals surface area contributed by atoms with Gasteiger partial charge in [0, 0.05) is 36.6 Å². The number of nitrogens with zero attached hydrogens (tertiary/aromatic N) is 5. The van der Waals surface area contributed by atoms with E-state index in [1.165, 1.54) is 0 Å². The summed E-state index contributed by atoms with van der Waals surface area (Å²) in [5, 5.41) is 13.1. The molecule has 322 valence electrons. The lowest BCUT2D eigenvalue weighted by Gasteiger charge is -2.34. The highest BCUT2D eigenvalue weighted by Crippen LogP contribution is 2.37. The van der Waals surface area contributed by atoms with Gasteiger partial charge in [-0.25, -0.2) is 14.8 Å². The van der Waals surface area contributed by atoms with Crippen molar-refractivity contribution >= 4 is 28.8 Å². The molecule has 4 atom stereocenters. The number of para-hydroxylation sites is 1. The van der Waals surface area contributed by atoms with Crippen LogP contribution in [0.4, 0.5) is 4.79 Å². The van der Waals surface area contributed by atoms with Crippen LogP contribution in [-0.4, -0.2) is 94.9 Å². The van der Waals surface area contributed by atoms with Crippen LogP contribution in [-0.2, 0) is 16.0 Å². The van der Waals surface area contributed by atoms with Gasteiger partial charge in [-0.3, -0.25) is 14.5 Å². The van der Waals surface area contributed by atoms with E-state index in [9.17, 15) is 19.5 Å². The first-order chi connectivity index (χ1) is 30.8. The van der Waals surface area contributed by atoms with Crippen LogP contribution in [0, 0.1) is 0 Å². The average Bonchev–Trinajstić information content (AvgIpc) is 4.18. The van der Waals surface area contributed by atoms with Gasteiger partial charge in [-0.2, -0.15) is 0 Å². The monoisotopic (exact) mass is 843 g/mol. The quantitative estimate of drug-likeness (QED) is 0.0729. The highest BCUT2D eigenvalue weighted by molar-refractivity contribution is 5.89.